The fraction of sp³-hybridized carbons (Fsp3) is 0.545. The highest BCUT2D eigenvalue weighted by atomic mass is 16.2. The summed E-state index contributed by atoms with van der Waals surface area (Å²) < 4.78 is 1.71. The first-order chi connectivity index (χ1) is 11.7. The molecule has 0 aliphatic heterocycles. The molecule has 0 radical (unpaired) electrons. The molecule has 0 amide bonds. The van der Waals surface area contributed by atoms with Gasteiger partial charge in [-0.25, -0.2) is 0 Å². The maximum Gasteiger partial charge on any atom is 0.252 e. The van der Waals surface area contributed by atoms with Gasteiger partial charge >= 0.3 is 0 Å². The molecule has 2 atom stereocenters. The monoisotopic (exact) mass is 338 g/mol. The standard InChI is InChI=1S/C22H30N2O/c1-14(2)17-13-12-15(3)18-19(17)23-24(21(25)22(4,5)6)20(18)16-10-8-7-9-11-16/h7-11,14-15,17H,12-13H2,1-6H3. The second kappa shape index (κ2) is 6.44. The maximum absolute atomic E-state index is 13.2. The zero-order valence-electron chi connectivity index (χ0n) is 16.3. The lowest BCUT2D eigenvalue weighted by Crippen LogP contribution is -2.28. The van der Waals surface area contributed by atoms with Crippen molar-refractivity contribution in [2.75, 3.05) is 0 Å². The van der Waals surface area contributed by atoms with Crippen LogP contribution in [-0.2, 0) is 0 Å². The van der Waals surface area contributed by atoms with Gasteiger partial charge in [-0.15, -0.1) is 0 Å². The SMILES string of the molecule is CC1CCC(C(C)C)c2nn(C(=O)C(C)(C)C)c(-c3ccccc3)c21. The highest BCUT2D eigenvalue weighted by Gasteiger charge is 2.37. The van der Waals surface area contributed by atoms with Crippen molar-refractivity contribution in [3.8, 4) is 11.3 Å². The number of rotatable bonds is 2. The fourth-order valence-corrected chi connectivity index (χ4v) is 3.90. The van der Waals surface area contributed by atoms with Gasteiger partial charge in [0.15, 0.2) is 0 Å². The zero-order chi connectivity index (χ0) is 18.4. The van der Waals surface area contributed by atoms with E-state index in [4.69, 9.17) is 5.10 Å². The molecule has 0 N–H and O–H groups in total. The number of carbonyl (C=O) groups excluding carboxylic acids is 1. The molecule has 1 aliphatic rings. The third-order valence-corrected chi connectivity index (χ3v) is 5.39. The molecule has 3 nitrogen and oxygen atoms in total. The molecule has 0 spiro atoms. The molecule has 3 rings (SSSR count). The van der Waals surface area contributed by atoms with E-state index in [1.54, 1.807) is 4.68 Å². The summed E-state index contributed by atoms with van der Waals surface area (Å²) in [6.45, 7) is 12.7. The van der Waals surface area contributed by atoms with Gasteiger partial charge in [0.2, 0.25) is 0 Å². The van der Waals surface area contributed by atoms with Crippen LogP contribution in [0.4, 0.5) is 0 Å². The van der Waals surface area contributed by atoms with Crippen LogP contribution >= 0.6 is 0 Å². The van der Waals surface area contributed by atoms with E-state index in [0.29, 0.717) is 17.8 Å². The smallest absolute Gasteiger partial charge is 0.252 e. The average Bonchev–Trinajstić information content (AvgIpc) is 2.95. The van der Waals surface area contributed by atoms with Gasteiger partial charge < -0.3 is 0 Å². The molecule has 0 bridgehead atoms. The Morgan fingerprint density at radius 1 is 1.16 bits per heavy atom. The van der Waals surface area contributed by atoms with Gasteiger partial charge in [-0.3, -0.25) is 4.79 Å². The van der Waals surface area contributed by atoms with Crippen LogP contribution in [0.15, 0.2) is 30.3 Å². The third-order valence-electron chi connectivity index (χ3n) is 5.39. The van der Waals surface area contributed by atoms with Crippen molar-refractivity contribution in [2.24, 2.45) is 11.3 Å². The second-order valence-electron chi connectivity index (χ2n) is 8.81. The number of carbonyl (C=O) groups is 1. The van der Waals surface area contributed by atoms with Crippen LogP contribution in [0.25, 0.3) is 11.3 Å². The van der Waals surface area contributed by atoms with Gasteiger partial charge in [0.25, 0.3) is 5.91 Å². The first kappa shape index (κ1) is 17.9. The molecule has 0 saturated heterocycles. The van der Waals surface area contributed by atoms with E-state index in [1.165, 1.54) is 5.56 Å². The molecule has 25 heavy (non-hydrogen) atoms. The topological polar surface area (TPSA) is 34.9 Å². The Morgan fingerprint density at radius 2 is 1.80 bits per heavy atom. The summed E-state index contributed by atoms with van der Waals surface area (Å²) in [5.41, 5.74) is 4.06. The lowest BCUT2D eigenvalue weighted by Gasteiger charge is -2.28. The number of hydrogen-bond acceptors (Lipinski definition) is 2. The molecule has 1 heterocycles. The van der Waals surface area contributed by atoms with Crippen molar-refractivity contribution in [1.29, 1.82) is 0 Å². The Morgan fingerprint density at radius 3 is 2.36 bits per heavy atom. The summed E-state index contributed by atoms with van der Waals surface area (Å²) in [4.78, 5) is 13.2. The van der Waals surface area contributed by atoms with E-state index in [1.807, 2.05) is 39.0 Å². The molecule has 2 unspecified atom stereocenters. The van der Waals surface area contributed by atoms with E-state index in [9.17, 15) is 4.79 Å². The molecule has 0 saturated carbocycles. The van der Waals surface area contributed by atoms with Gasteiger partial charge in [0, 0.05) is 22.5 Å². The maximum atomic E-state index is 13.2. The number of aromatic nitrogens is 2. The molecule has 1 aromatic carbocycles. The zero-order valence-corrected chi connectivity index (χ0v) is 16.3. The minimum atomic E-state index is -0.464. The highest BCUT2D eigenvalue weighted by Crippen LogP contribution is 2.46. The summed E-state index contributed by atoms with van der Waals surface area (Å²) in [5.74, 6) is 1.46. The van der Waals surface area contributed by atoms with Gasteiger partial charge in [-0.2, -0.15) is 9.78 Å². The summed E-state index contributed by atoms with van der Waals surface area (Å²) in [6, 6.07) is 10.3. The van der Waals surface area contributed by atoms with Crippen molar-refractivity contribution < 1.29 is 4.79 Å². The molecule has 0 fully saturated rings. The van der Waals surface area contributed by atoms with Gasteiger partial charge in [-0.1, -0.05) is 71.9 Å². The number of nitrogens with zero attached hydrogens (tertiary/aromatic N) is 2. The number of benzene rings is 1. The van der Waals surface area contributed by atoms with E-state index in [-0.39, 0.29) is 5.91 Å². The van der Waals surface area contributed by atoms with Crippen molar-refractivity contribution >= 4 is 5.91 Å². The fourth-order valence-electron chi connectivity index (χ4n) is 3.90. The predicted octanol–water partition coefficient (Wildman–Crippen LogP) is 5.87. The van der Waals surface area contributed by atoms with Crippen LogP contribution in [0, 0.1) is 11.3 Å². The molecule has 134 valence electrons. The van der Waals surface area contributed by atoms with Crippen molar-refractivity contribution in [1.82, 2.24) is 9.78 Å². The summed E-state index contributed by atoms with van der Waals surface area (Å²) >= 11 is 0. The highest BCUT2D eigenvalue weighted by molar-refractivity contribution is 5.88. The van der Waals surface area contributed by atoms with Gasteiger partial charge in [0.05, 0.1) is 11.4 Å². The minimum absolute atomic E-state index is 0.0652. The third kappa shape index (κ3) is 3.17. The van der Waals surface area contributed by atoms with E-state index >= 15 is 0 Å². The Labute approximate surface area is 151 Å². The van der Waals surface area contributed by atoms with E-state index in [2.05, 4.69) is 32.9 Å². The van der Waals surface area contributed by atoms with Crippen LogP contribution < -0.4 is 0 Å². The van der Waals surface area contributed by atoms with Crippen molar-refractivity contribution in [3.05, 3.63) is 41.6 Å². The second-order valence-corrected chi connectivity index (χ2v) is 8.81. The number of fused-ring (bicyclic) bond motifs is 1. The lowest BCUT2D eigenvalue weighted by atomic mass is 9.75. The lowest BCUT2D eigenvalue weighted by molar-refractivity contribution is 0.0750. The van der Waals surface area contributed by atoms with Crippen LogP contribution in [0.1, 0.15) is 82.3 Å². The van der Waals surface area contributed by atoms with Crippen LogP contribution in [0.3, 0.4) is 0 Å². The van der Waals surface area contributed by atoms with Crippen LogP contribution in [-0.4, -0.2) is 15.7 Å². The molecule has 1 aromatic heterocycles. The molecular weight excluding hydrogens is 308 g/mol. The first-order valence-corrected chi connectivity index (χ1v) is 9.44. The van der Waals surface area contributed by atoms with Gasteiger partial charge in [0.1, 0.15) is 0 Å². The minimum Gasteiger partial charge on any atom is -0.272 e. The van der Waals surface area contributed by atoms with E-state index in [0.717, 1.165) is 29.8 Å². The largest absolute Gasteiger partial charge is 0.272 e. The summed E-state index contributed by atoms with van der Waals surface area (Å²) in [5, 5.41) is 4.91. The normalized spacial score (nSPS) is 20.6. The molecule has 3 heteroatoms. The van der Waals surface area contributed by atoms with Crippen LogP contribution in [0.2, 0.25) is 0 Å². The molecular formula is C22H30N2O. The Bertz CT molecular complexity index is 765. The van der Waals surface area contributed by atoms with Crippen LogP contribution in [0.5, 0.6) is 0 Å². The Hall–Kier alpha value is -1.90. The summed E-state index contributed by atoms with van der Waals surface area (Å²) in [7, 11) is 0. The summed E-state index contributed by atoms with van der Waals surface area (Å²) in [6.07, 6.45) is 2.31. The number of hydrogen-bond donors (Lipinski definition) is 0. The molecule has 1 aliphatic carbocycles. The van der Waals surface area contributed by atoms with E-state index < -0.39 is 5.41 Å². The Kier molecular flexibility index (Phi) is 4.61. The quantitative estimate of drug-likeness (QED) is 0.686. The average molecular weight is 338 g/mol. The Balaban J connectivity index is 2.29. The van der Waals surface area contributed by atoms with Gasteiger partial charge in [-0.05, 0) is 24.7 Å². The first-order valence-electron chi connectivity index (χ1n) is 9.44. The molecule has 2 aromatic rings. The van der Waals surface area contributed by atoms with Crippen molar-refractivity contribution in [3.63, 3.8) is 0 Å². The predicted molar refractivity (Wildman–Crippen MR) is 103 cm³/mol. The van der Waals surface area contributed by atoms with Crippen molar-refractivity contribution in [2.45, 2.75) is 66.2 Å².